The predicted octanol–water partition coefficient (Wildman–Crippen LogP) is 5.16. The Bertz CT molecular complexity index is 1440. The molecule has 168 valence electrons. The van der Waals surface area contributed by atoms with Crippen LogP contribution in [0, 0.1) is 0 Å². The van der Waals surface area contributed by atoms with E-state index in [1.54, 1.807) is 6.26 Å². The van der Waals surface area contributed by atoms with E-state index in [1.807, 2.05) is 83.5 Å². The highest BCUT2D eigenvalue weighted by molar-refractivity contribution is 5.95. The van der Waals surface area contributed by atoms with Gasteiger partial charge in [-0.05, 0) is 37.1 Å². The lowest BCUT2D eigenvalue weighted by atomic mass is 10.1. The SMILES string of the molecule is O=C(NC1CC1)c1ccc(-c2cnc3c(NCc4ccco4)nc(-c4ccccc4)cn23)cc1. The van der Waals surface area contributed by atoms with Gasteiger partial charge in [0.15, 0.2) is 11.5 Å². The number of furan rings is 1. The number of amides is 1. The summed E-state index contributed by atoms with van der Waals surface area (Å²) in [5.41, 5.74) is 5.11. The van der Waals surface area contributed by atoms with Crippen LogP contribution in [-0.2, 0) is 6.54 Å². The molecule has 1 fully saturated rings. The fraction of sp³-hybridized carbons (Fsp3) is 0.148. The van der Waals surface area contributed by atoms with Gasteiger partial charge in [0.05, 0.1) is 30.4 Å². The molecule has 6 rings (SSSR count). The number of hydrogen-bond acceptors (Lipinski definition) is 5. The average Bonchev–Trinajstić information content (AvgIpc) is 3.35. The predicted molar refractivity (Wildman–Crippen MR) is 130 cm³/mol. The Morgan fingerprint density at radius 3 is 2.56 bits per heavy atom. The van der Waals surface area contributed by atoms with Crippen LogP contribution >= 0.6 is 0 Å². The molecule has 7 nitrogen and oxygen atoms in total. The van der Waals surface area contributed by atoms with E-state index < -0.39 is 0 Å². The number of aromatic nitrogens is 3. The number of nitrogens with zero attached hydrogens (tertiary/aromatic N) is 3. The molecular formula is C27H23N5O2. The number of fused-ring (bicyclic) bond motifs is 1. The van der Waals surface area contributed by atoms with Crippen LogP contribution < -0.4 is 10.6 Å². The zero-order chi connectivity index (χ0) is 22.9. The van der Waals surface area contributed by atoms with Crippen LogP contribution in [0.1, 0.15) is 29.0 Å². The second-order valence-electron chi connectivity index (χ2n) is 8.44. The molecule has 0 radical (unpaired) electrons. The Kier molecular flexibility index (Phi) is 5.07. The molecule has 1 aliphatic rings. The lowest BCUT2D eigenvalue weighted by molar-refractivity contribution is 0.0951. The number of nitrogens with one attached hydrogen (secondary N) is 2. The van der Waals surface area contributed by atoms with Crippen LogP contribution in [0.15, 0.2) is 89.8 Å². The second kappa shape index (κ2) is 8.51. The van der Waals surface area contributed by atoms with Crippen molar-refractivity contribution in [1.82, 2.24) is 19.7 Å². The number of carbonyl (C=O) groups excluding carboxylic acids is 1. The summed E-state index contributed by atoms with van der Waals surface area (Å²) in [6, 6.07) is 21.8. The van der Waals surface area contributed by atoms with E-state index in [2.05, 4.69) is 15.6 Å². The van der Waals surface area contributed by atoms with Crippen molar-refractivity contribution in [2.75, 3.05) is 5.32 Å². The zero-order valence-corrected chi connectivity index (χ0v) is 18.4. The van der Waals surface area contributed by atoms with E-state index in [-0.39, 0.29) is 5.91 Å². The van der Waals surface area contributed by atoms with E-state index in [4.69, 9.17) is 9.40 Å². The molecular weight excluding hydrogens is 426 g/mol. The summed E-state index contributed by atoms with van der Waals surface area (Å²) in [5, 5.41) is 6.40. The summed E-state index contributed by atoms with van der Waals surface area (Å²) >= 11 is 0. The Labute approximate surface area is 196 Å². The van der Waals surface area contributed by atoms with Gasteiger partial charge in [0, 0.05) is 28.9 Å². The van der Waals surface area contributed by atoms with Gasteiger partial charge in [0.1, 0.15) is 5.76 Å². The summed E-state index contributed by atoms with van der Waals surface area (Å²) in [6.07, 6.45) is 7.63. The first-order valence-corrected chi connectivity index (χ1v) is 11.4. The van der Waals surface area contributed by atoms with Crippen LogP contribution in [0.3, 0.4) is 0 Å². The van der Waals surface area contributed by atoms with Crippen LogP contribution in [-0.4, -0.2) is 26.3 Å². The van der Waals surface area contributed by atoms with Crippen molar-refractivity contribution in [2.24, 2.45) is 0 Å². The lowest BCUT2D eigenvalue weighted by Gasteiger charge is -2.11. The van der Waals surface area contributed by atoms with Crippen molar-refractivity contribution in [3.63, 3.8) is 0 Å². The number of rotatable bonds is 7. The van der Waals surface area contributed by atoms with Gasteiger partial charge in [-0.25, -0.2) is 9.97 Å². The minimum atomic E-state index is -0.0211. The molecule has 1 saturated carbocycles. The van der Waals surface area contributed by atoms with Crippen molar-refractivity contribution in [3.8, 4) is 22.5 Å². The smallest absolute Gasteiger partial charge is 0.251 e. The van der Waals surface area contributed by atoms with Crippen LogP contribution in [0.2, 0.25) is 0 Å². The van der Waals surface area contributed by atoms with E-state index in [0.717, 1.165) is 46.8 Å². The Morgan fingerprint density at radius 1 is 1.00 bits per heavy atom. The molecule has 0 spiro atoms. The zero-order valence-electron chi connectivity index (χ0n) is 18.4. The number of benzene rings is 2. The van der Waals surface area contributed by atoms with E-state index in [9.17, 15) is 4.79 Å². The van der Waals surface area contributed by atoms with Gasteiger partial charge >= 0.3 is 0 Å². The van der Waals surface area contributed by atoms with Gasteiger partial charge < -0.3 is 15.1 Å². The summed E-state index contributed by atoms with van der Waals surface area (Å²) in [7, 11) is 0. The highest BCUT2D eigenvalue weighted by Gasteiger charge is 2.23. The van der Waals surface area contributed by atoms with Gasteiger partial charge in [-0.1, -0.05) is 42.5 Å². The third-order valence-corrected chi connectivity index (χ3v) is 5.93. The molecule has 2 aromatic carbocycles. The molecule has 0 atom stereocenters. The summed E-state index contributed by atoms with van der Waals surface area (Å²) in [4.78, 5) is 21.9. The van der Waals surface area contributed by atoms with Crippen molar-refractivity contribution in [2.45, 2.75) is 25.4 Å². The standard InChI is InChI=1S/C27H23N5O2/c33-27(30-21-12-13-21)20-10-8-19(9-11-20)24-16-29-26-25(28-15-22-7-4-14-34-22)31-23(17-32(24)26)18-5-2-1-3-6-18/h1-11,14,16-17,21H,12-13,15H2,(H,28,31)(H,30,33). The summed E-state index contributed by atoms with van der Waals surface area (Å²) in [6.45, 7) is 0.501. The number of carbonyl (C=O) groups is 1. The van der Waals surface area contributed by atoms with Crippen LogP contribution in [0.4, 0.5) is 5.82 Å². The first-order chi connectivity index (χ1) is 16.7. The fourth-order valence-corrected chi connectivity index (χ4v) is 3.94. The largest absolute Gasteiger partial charge is 0.467 e. The summed E-state index contributed by atoms with van der Waals surface area (Å²) < 4.78 is 7.51. The molecule has 3 aromatic heterocycles. The molecule has 34 heavy (non-hydrogen) atoms. The third-order valence-electron chi connectivity index (χ3n) is 5.93. The Hall–Kier alpha value is -4.39. The Balaban J connectivity index is 1.38. The third kappa shape index (κ3) is 4.03. The van der Waals surface area contributed by atoms with Crippen molar-refractivity contribution >= 4 is 17.4 Å². The number of anilines is 1. The first kappa shape index (κ1) is 20.2. The molecule has 0 aliphatic heterocycles. The Morgan fingerprint density at radius 2 is 1.82 bits per heavy atom. The monoisotopic (exact) mass is 449 g/mol. The number of imidazole rings is 1. The van der Waals surface area contributed by atoms with Crippen molar-refractivity contribution < 1.29 is 9.21 Å². The van der Waals surface area contributed by atoms with Gasteiger partial charge in [-0.2, -0.15) is 0 Å². The average molecular weight is 450 g/mol. The quantitative estimate of drug-likeness (QED) is 0.359. The van der Waals surface area contributed by atoms with Gasteiger partial charge in [-0.15, -0.1) is 0 Å². The highest BCUT2D eigenvalue weighted by Crippen LogP contribution is 2.28. The molecule has 0 bridgehead atoms. The van der Waals surface area contributed by atoms with Gasteiger partial charge in [0.25, 0.3) is 5.91 Å². The first-order valence-electron chi connectivity index (χ1n) is 11.4. The maximum absolute atomic E-state index is 12.4. The molecule has 2 N–H and O–H groups in total. The van der Waals surface area contributed by atoms with E-state index in [0.29, 0.717) is 24.0 Å². The maximum Gasteiger partial charge on any atom is 0.251 e. The number of hydrogen-bond donors (Lipinski definition) is 2. The van der Waals surface area contributed by atoms with Crippen LogP contribution in [0.25, 0.3) is 28.2 Å². The van der Waals surface area contributed by atoms with Gasteiger partial charge in [-0.3, -0.25) is 9.20 Å². The minimum Gasteiger partial charge on any atom is -0.467 e. The molecule has 7 heteroatoms. The van der Waals surface area contributed by atoms with E-state index in [1.165, 1.54) is 0 Å². The second-order valence-corrected chi connectivity index (χ2v) is 8.44. The topological polar surface area (TPSA) is 84.5 Å². The molecule has 0 unspecified atom stereocenters. The minimum absolute atomic E-state index is 0.0211. The molecule has 0 saturated heterocycles. The van der Waals surface area contributed by atoms with Gasteiger partial charge in [0.2, 0.25) is 0 Å². The fourth-order valence-electron chi connectivity index (χ4n) is 3.94. The van der Waals surface area contributed by atoms with E-state index >= 15 is 0 Å². The maximum atomic E-state index is 12.4. The molecule has 1 aliphatic carbocycles. The molecule has 1 amide bonds. The van der Waals surface area contributed by atoms with Crippen LogP contribution in [0.5, 0.6) is 0 Å². The highest BCUT2D eigenvalue weighted by atomic mass is 16.3. The molecule has 5 aromatic rings. The van der Waals surface area contributed by atoms with Crippen molar-refractivity contribution in [1.29, 1.82) is 0 Å². The lowest BCUT2D eigenvalue weighted by Crippen LogP contribution is -2.25. The summed E-state index contributed by atoms with van der Waals surface area (Å²) in [5.74, 6) is 1.47. The molecule has 3 heterocycles. The van der Waals surface area contributed by atoms with Crippen molar-refractivity contribution in [3.05, 3.63) is 96.7 Å². The normalized spacial score (nSPS) is 13.2.